The molecule has 7 heteroatoms. The van der Waals surface area contributed by atoms with Gasteiger partial charge in [-0.3, -0.25) is 4.79 Å². The van der Waals surface area contributed by atoms with Gasteiger partial charge in [0.2, 0.25) is 6.43 Å². The third kappa shape index (κ3) is 4.04. The first-order valence-electron chi connectivity index (χ1n) is 6.14. The Hall–Kier alpha value is -1.92. The highest BCUT2D eigenvalue weighted by atomic mass is 19.3. The Balaban J connectivity index is 2.86. The maximum Gasteiger partial charge on any atom is 0.326 e. The fraction of sp³-hybridized carbons (Fsp3) is 0.538. The molecule has 1 aromatic rings. The molecule has 0 aliphatic carbocycles. The molecule has 0 radical (unpaired) electrons. The number of hydrogen-bond acceptors (Lipinski definition) is 3. The Morgan fingerprint density at radius 1 is 1.40 bits per heavy atom. The first-order chi connectivity index (χ1) is 9.22. The lowest BCUT2D eigenvalue weighted by Crippen LogP contribution is -2.42. The normalized spacial score (nSPS) is 12.8. The average Bonchev–Trinajstić information content (AvgIpc) is 2.69. The van der Waals surface area contributed by atoms with Crippen LogP contribution in [0.5, 0.6) is 0 Å². The standard InChI is InChI=1S/C13H17F2NO4/c1-6(2)10-4-8(7(3)20-10)12(17)16-9(13(18)19)5-11(14)15/h4,6,9,11H,5H2,1-3H3,(H,16,17)(H,18,19). The zero-order valence-electron chi connectivity index (χ0n) is 11.4. The summed E-state index contributed by atoms with van der Waals surface area (Å²) >= 11 is 0. The third-order valence-corrected chi connectivity index (χ3v) is 2.77. The Morgan fingerprint density at radius 2 is 2.00 bits per heavy atom. The molecule has 112 valence electrons. The van der Waals surface area contributed by atoms with Crippen LogP contribution in [0.3, 0.4) is 0 Å². The molecular formula is C13H17F2NO4. The minimum Gasteiger partial charge on any atom is -0.480 e. The molecule has 1 unspecified atom stereocenters. The van der Waals surface area contributed by atoms with Crippen LogP contribution in [-0.2, 0) is 4.79 Å². The third-order valence-electron chi connectivity index (χ3n) is 2.77. The van der Waals surface area contributed by atoms with Crippen LogP contribution < -0.4 is 5.32 Å². The van der Waals surface area contributed by atoms with Gasteiger partial charge >= 0.3 is 5.97 Å². The molecule has 0 aliphatic heterocycles. The molecular weight excluding hydrogens is 272 g/mol. The van der Waals surface area contributed by atoms with Gasteiger partial charge in [0.15, 0.2) is 0 Å². The van der Waals surface area contributed by atoms with Crippen molar-refractivity contribution in [2.45, 2.75) is 45.6 Å². The van der Waals surface area contributed by atoms with Gasteiger partial charge in [-0.15, -0.1) is 0 Å². The summed E-state index contributed by atoms with van der Waals surface area (Å²) in [6.45, 7) is 5.30. The van der Waals surface area contributed by atoms with E-state index in [4.69, 9.17) is 9.52 Å². The van der Waals surface area contributed by atoms with Crippen LogP contribution in [-0.4, -0.2) is 29.5 Å². The first kappa shape index (κ1) is 16.1. The zero-order valence-corrected chi connectivity index (χ0v) is 11.4. The topological polar surface area (TPSA) is 79.5 Å². The summed E-state index contributed by atoms with van der Waals surface area (Å²) in [5.41, 5.74) is 0.161. The second kappa shape index (κ2) is 6.49. The van der Waals surface area contributed by atoms with Crippen LogP contribution in [0.1, 0.15) is 48.1 Å². The van der Waals surface area contributed by atoms with Gasteiger partial charge in [0, 0.05) is 12.3 Å². The summed E-state index contributed by atoms with van der Waals surface area (Å²) in [5.74, 6) is -1.26. The van der Waals surface area contributed by atoms with Crippen LogP contribution in [0.15, 0.2) is 10.5 Å². The number of rotatable bonds is 6. The van der Waals surface area contributed by atoms with Crippen LogP contribution in [0, 0.1) is 6.92 Å². The molecule has 1 aromatic heterocycles. The molecule has 20 heavy (non-hydrogen) atoms. The molecule has 0 aliphatic rings. The largest absolute Gasteiger partial charge is 0.480 e. The zero-order chi connectivity index (χ0) is 15.4. The molecule has 1 atom stereocenters. The molecule has 1 rings (SSSR count). The number of carboxylic acid groups (broad SMARTS) is 1. The molecule has 0 saturated carbocycles. The van der Waals surface area contributed by atoms with Gasteiger partial charge in [0.1, 0.15) is 17.6 Å². The van der Waals surface area contributed by atoms with Crippen molar-refractivity contribution in [2.75, 3.05) is 0 Å². The number of furan rings is 1. The van der Waals surface area contributed by atoms with Crippen molar-refractivity contribution in [1.82, 2.24) is 5.32 Å². The quantitative estimate of drug-likeness (QED) is 0.843. The number of amides is 1. The summed E-state index contributed by atoms with van der Waals surface area (Å²) in [7, 11) is 0. The monoisotopic (exact) mass is 289 g/mol. The van der Waals surface area contributed by atoms with E-state index in [1.165, 1.54) is 6.07 Å². The van der Waals surface area contributed by atoms with Crippen LogP contribution >= 0.6 is 0 Å². The number of carboxylic acids is 1. The second-order valence-electron chi connectivity index (χ2n) is 4.76. The molecule has 0 bridgehead atoms. The Labute approximate surface area is 115 Å². The van der Waals surface area contributed by atoms with Crippen molar-refractivity contribution in [2.24, 2.45) is 0 Å². The van der Waals surface area contributed by atoms with E-state index in [2.05, 4.69) is 5.32 Å². The lowest BCUT2D eigenvalue weighted by Gasteiger charge is -2.13. The highest BCUT2D eigenvalue weighted by Gasteiger charge is 2.26. The van der Waals surface area contributed by atoms with Gasteiger partial charge in [-0.05, 0) is 13.0 Å². The van der Waals surface area contributed by atoms with Crippen molar-refractivity contribution in [3.05, 3.63) is 23.2 Å². The van der Waals surface area contributed by atoms with Gasteiger partial charge in [0.05, 0.1) is 5.56 Å². The van der Waals surface area contributed by atoms with E-state index >= 15 is 0 Å². The number of nitrogens with one attached hydrogen (secondary N) is 1. The number of carbonyl (C=O) groups excluding carboxylic acids is 1. The molecule has 0 aromatic carbocycles. The van der Waals surface area contributed by atoms with Crippen LogP contribution in [0.4, 0.5) is 8.78 Å². The van der Waals surface area contributed by atoms with Crippen LogP contribution in [0.25, 0.3) is 0 Å². The summed E-state index contributed by atoms with van der Waals surface area (Å²) in [5, 5.41) is 10.9. The number of aryl methyl sites for hydroxylation is 1. The summed E-state index contributed by atoms with van der Waals surface area (Å²) in [6.07, 6.45) is -3.75. The van der Waals surface area contributed by atoms with Gasteiger partial charge in [-0.1, -0.05) is 13.8 Å². The molecule has 0 spiro atoms. The van der Waals surface area contributed by atoms with Gasteiger partial charge in [-0.2, -0.15) is 0 Å². The molecule has 1 amide bonds. The SMILES string of the molecule is Cc1oc(C(C)C)cc1C(=O)NC(CC(F)F)C(=O)O. The number of aliphatic carboxylic acids is 1. The number of alkyl halides is 2. The lowest BCUT2D eigenvalue weighted by molar-refractivity contribution is -0.140. The van der Waals surface area contributed by atoms with Crippen molar-refractivity contribution in [3.8, 4) is 0 Å². The predicted molar refractivity (Wildman–Crippen MR) is 67.0 cm³/mol. The summed E-state index contributed by atoms with van der Waals surface area (Å²) < 4.78 is 29.9. The number of halogens is 2. The van der Waals surface area contributed by atoms with Gasteiger partial charge in [0.25, 0.3) is 5.91 Å². The fourth-order valence-corrected chi connectivity index (χ4v) is 1.65. The molecule has 0 saturated heterocycles. The van der Waals surface area contributed by atoms with Crippen LogP contribution in [0.2, 0.25) is 0 Å². The maximum absolute atomic E-state index is 12.3. The minimum atomic E-state index is -2.81. The Kier molecular flexibility index (Phi) is 5.24. The van der Waals surface area contributed by atoms with Gasteiger partial charge < -0.3 is 14.8 Å². The van der Waals surface area contributed by atoms with Crippen molar-refractivity contribution < 1.29 is 27.9 Å². The van der Waals surface area contributed by atoms with Crippen molar-refractivity contribution in [3.63, 3.8) is 0 Å². The fourth-order valence-electron chi connectivity index (χ4n) is 1.65. The Morgan fingerprint density at radius 3 is 2.40 bits per heavy atom. The predicted octanol–water partition coefficient (Wildman–Crippen LogP) is 2.55. The maximum atomic E-state index is 12.3. The van der Waals surface area contributed by atoms with Gasteiger partial charge in [-0.25, -0.2) is 13.6 Å². The highest BCUT2D eigenvalue weighted by Crippen LogP contribution is 2.22. The smallest absolute Gasteiger partial charge is 0.326 e. The molecule has 2 N–H and O–H groups in total. The van der Waals surface area contributed by atoms with E-state index in [9.17, 15) is 18.4 Å². The summed E-state index contributed by atoms with van der Waals surface area (Å²) in [4.78, 5) is 22.7. The molecule has 1 heterocycles. The van der Waals surface area contributed by atoms with E-state index in [-0.39, 0.29) is 11.5 Å². The lowest BCUT2D eigenvalue weighted by atomic mass is 10.1. The second-order valence-corrected chi connectivity index (χ2v) is 4.76. The number of hydrogen-bond donors (Lipinski definition) is 2. The van der Waals surface area contributed by atoms with Crippen molar-refractivity contribution >= 4 is 11.9 Å². The summed E-state index contributed by atoms with van der Waals surface area (Å²) in [6, 6.07) is -0.129. The van der Waals surface area contributed by atoms with E-state index < -0.39 is 30.8 Å². The van der Waals surface area contributed by atoms with E-state index in [1.54, 1.807) is 6.92 Å². The average molecular weight is 289 g/mol. The molecule has 5 nitrogen and oxygen atoms in total. The Bertz CT molecular complexity index is 497. The minimum absolute atomic E-state index is 0.0617. The highest BCUT2D eigenvalue weighted by molar-refractivity contribution is 5.97. The van der Waals surface area contributed by atoms with E-state index in [1.807, 2.05) is 13.8 Å². The number of carbonyl (C=O) groups is 2. The van der Waals surface area contributed by atoms with Crippen molar-refractivity contribution in [1.29, 1.82) is 0 Å². The molecule has 0 fully saturated rings. The van der Waals surface area contributed by atoms with E-state index in [0.29, 0.717) is 11.5 Å². The first-order valence-corrected chi connectivity index (χ1v) is 6.14. The van der Waals surface area contributed by atoms with E-state index in [0.717, 1.165) is 0 Å².